The minimum Gasteiger partial charge on any atom is -0.355 e. The fourth-order valence-corrected chi connectivity index (χ4v) is 5.33. The maximum Gasteiger partial charge on any atom is 0.244 e. The van der Waals surface area contributed by atoms with Gasteiger partial charge in [0.05, 0.1) is 10.8 Å². The van der Waals surface area contributed by atoms with E-state index in [0.717, 1.165) is 4.90 Å². The van der Waals surface area contributed by atoms with Crippen LogP contribution in [0.4, 0.5) is 0 Å². The third-order valence-corrected chi connectivity index (χ3v) is 6.73. The number of piperidine rings is 1. The second-order valence-corrected chi connectivity index (χ2v) is 8.19. The molecule has 0 aliphatic carbocycles. The highest BCUT2D eigenvalue weighted by molar-refractivity contribution is 7.99. The molecule has 1 aliphatic rings. The average Bonchev–Trinajstić information content (AvgIpc) is 2.59. The van der Waals surface area contributed by atoms with E-state index in [1.807, 2.05) is 12.3 Å². The second-order valence-electron chi connectivity index (χ2n) is 5.43. The molecule has 1 amide bonds. The number of nitrogens with zero attached hydrogens (tertiary/aromatic N) is 1. The van der Waals surface area contributed by atoms with Gasteiger partial charge >= 0.3 is 0 Å². The van der Waals surface area contributed by atoms with Crippen molar-refractivity contribution in [1.82, 2.24) is 9.62 Å². The Morgan fingerprint density at radius 3 is 2.79 bits per heavy atom. The highest BCUT2D eigenvalue weighted by Gasteiger charge is 2.34. The predicted octanol–water partition coefficient (Wildman–Crippen LogP) is 1.31. The summed E-state index contributed by atoms with van der Waals surface area (Å²) in [5, 5.41) is 2.75. The molecule has 1 fully saturated rings. The number of rotatable bonds is 6. The van der Waals surface area contributed by atoms with E-state index in [1.54, 1.807) is 18.2 Å². The lowest BCUT2D eigenvalue weighted by Crippen LogP contribution is -2.46. The maximum atomic E-state index is 12.9. The first-order valence-corrected chi connectivity index (χ1v) is 10.3. The number of carbonyl (C=O) groups excluding carboxylic acids is 1. The molecule has 1 aromatic rings. The standard InChI is InChI=1S/C15H23N3O3S2.ClH/c1-22-13-6-2-3-7-14(13)23(20,21)18-10-4-5-12(11-18)15(19)17-9-8-16;/h2-3,6-7,12H,4-5,8-11,16H2,1H3,(H,17,19);1H. The molecule has 0 bridgehead atoms. The number of hydrogen-bond donors (Lipinski definition) is 2. The van der Waals surface area contributed by atoms with Crippen molar-refractivity contribution < 1.29 is 13.2 Å². The lowest BCUT2D eigenvalue weighted by molar-refractivity contribution is -0.126. The zero-order valence-corrected chi connectivity index (χ0v) is 16.1. The molecule has 1 saturated heterocycles. The quantitative estimate of drug-likeness (QED) is 0.711. The molecule has 9 heteroatoms. The first-order chi connectivity index (χ1) is 11.0. The first-order valence-electron chi connectivity index (χ1n) is 7.61. The number of amides is 1. The summed E-state index contributed by atoms with van der Waals surface area (Å²) in [6, 6.07) is 6.97. The van der Waals surface area contributed by atoms with Crippen molar-refractivity contribution in [1.29, 1.82) is 0 Å². The monoisotopic (exact) mass is 393 g/mol. The maximum absolute atomic E-state index is 12.9. The van der Waals surface area contributed by atoms with E-state index >= 15 is 0 Å². The van der Waals surface area contributed by atoms with E-state index in [4.69, 9.17) is 5.73 Å². The molecule has 3 N–H and O–H groups in total. The number of halogens is 1. The molecule has 0 radical (unpaired) electrons. The molecule has 1 aliphatic heterocycles. The molecule has 1 heterocycles. The lowest BCUT2D eigenvalue weighted by Gasteiger charge is -2.31. The SMILES string of the molecule is CSc1ccccc1S(=O)(=O)N1CCCC(C(=O)NCCN)C1.Cl. The molecular weight excluding hydrogens is 370 g/mol. The van der Waals surface area contributed by atoms with E-state index in [0.29, 0.717) is 37.4 Å². The first kappa shape index (κ1) is 21.2. The molecule has 0 saturated carbocycles. The van der Waals surface area contributed by atoms with E-state index in [9.17, 15) is 13.2 Å². The van der Waals surface area contributed by atoms with Crippen LogP contribution in [0.1, 0.15) is 12.8 Å². The van der Waals surface area contributed by atoms with Crippen molar-refractivity contribution in [3.05, 3.63) is 24.3 Å². The van der Waals surface area contributed by atoms with Crippen LogP contribution >= 0.6 is 24.2 Å². The zero-order chi connectivity index (χ0) is 16.9. The van der Waals surface area contributed by atoms with E-state index < -0.39 is 10.0 Å². The van der Waals surface area contributed by atoms with Crippen molar-refractivity contribution in [2.24, 2.45) is 11.7 Å². The smallest absolute Gasteiger partial charge is 0.244 e. The summed E-state index contributed by atoms with van der Waals surface area (Å²) in [7, 11) is -3.58. The summed E-state index contributed by atoms with van der Waals surface area (Å²) in [6.45, 7) is 1.46. The molecule has 1 atom stereocenters. The van der Waals surface area contributed by atoms with Gasteiger partial charge in [-0.05, 0) is 31.2 Å². The number of carbonyl (C=O) groups is 1. The highest BCUT2D eigenvalue weighted by Crippen LogP contribution is 2.29. The fraction of sp³-hybridized carbons (Fsp3) is 0.533. The van der Waals surface area contributed by atoms with Gasteiger partial charge in [-0.15, -0.1) is 24.2 Å². The van der Waals surface area contributed by atoms with Gasteiger partial charge in [-0.3, -0.25) is 4.79 Å². The molecule has 0 spiro atoms. The summed E-state index contributed by atoms with van der Waals surface area (Å²) in [5.74, 6) is -0.431. The van der Waals surface area contributed by atoms with Gasteiger partial charge in [0.15, 0.2) is 0 Å². The lowest BCUT2D eigenvalue weighted by atomic mass is 9.99. The summed E-state index contributed by atoms with van der Waals surface area (Å²) in [4.78, 5) is 13.1. The van der Waals surface area contributed by atoms with Crippen LogP contribution in [0, 0.1) is 5.92 Å². The van der Waals surface area contributed by atoms with Crippen LogP contribution < -0.4 is 11.1 Å². The van der Waals surface area contributed by atoms with Gasteiger partial charge in [-0.2, -0.15) is 4.31 Å². The zero-order valence-electron chi connectivity index (χ0n) is 13.6. The largest absolute Gasteiger partial charge is 0.355 e. The molecule has 136 valence electrons. The normalized spacial score (nSPS) is 18.7. The molecule has 0 aromatic heterocycles. The number of benzene rings is 1. The van der Waals surface area contributed by atoms with Crippen LogP contribution in [0.3, 0.4) is 0 Å². The van der Waals surface area contributed by atoms with Crippen molar-refractivity contribution in [2.75, 3.05) is 32.4 Å². The van der Waals surface area contributed by atoms with Crippen molar-refractivity contribution in [3.63, 3.8) is 0 Å². The van der Waals surface area contributed by atoms with Crippen LogP contribution in [0.2, 0.25) is 0 Å². The Balaban J connectivity index is 0.00000288. The topological polar surface area (TPSA) is 92.5 Å². The van der Waals surface area contributed by atoms with Gasteiger partial charge in [0.2, 0.25) is 15.9 Å². The van der Waals surface area contributed by atoms with Crippen molar-refractivity contribution in [3.8, 4) is 0 Å². The number of sulfonamides is 1. The Bertz CT molecular complexity index is 655. The van der Waals surface area contributed by atoms with Gasteiger partial charge in [-0.1, -0.05) is 12.1 Å². The number of nitrogens with two attached hydrogens (primary N) is 1. The summed E-state index contributed by atoms with van der Waals surface area (Å²) >= 11 is 1.41. The van der Waals surface area contributed by atoms with Gasteiger partial charge in [0, 0.05) is 31.1 Å². The van der Waals surface area contributed by atoms with Crippen LogP contribution in [0.5, 0.6) is 0 Å². The summed E-state index contributed by atoms with van der Waals surface area (Å²) in [5.41, 5.74) is 5.39. The minimum atomic E-state index is -3.58. The van der Waals surface area contributed by atoms with Crippen LogP contribution in [0.25, 0.3) is 0 Å². The number of hydrogen-bond acceptors (Lipinski definition) is 5. The fourth-order valence-electron chi connectivity index (χ4n) is 2.69. The van der Waals surface area contributed by atoms with Gasteiger partial charge < -0.3 is 11.1 Å². The average molecular weight is 394 g/mol. The van der Waals surface area contributed by atoms with Crippen molar-refractivity contribution >= 4 is 40.1 Å². The third-order valence-electron chi connectivity index (χ3n) is 3.89. The molecule has 1 unspecified atom stereocenters. The minimum absolute atomic E-state index is 0. The van der Waals surface area contributed by atoms with E-state index in [-0.39, 0.29) is 30.8 Å². The predicted molar refractivity (Wildman–Crippen MR) is 99.0 cm³/mol. The third kappa shape index (κ3) is 4.86. The number of nitrogens with one attached hydrogen (secondary N) is 1. The second kappa shape index (κ2) is 9.62. The molecule has 24 heavy (non-hydrogen) atoms. The molecular formula is C15H24ClN3O3S2. The Kier molecular flexibility index (Phi) is 8.52. The van der Waals surface area contributed by atoms with E-state index in [2.05, 4.69) is 5.32 Å². The summed E-state index contributed by atoms with van der Waals surface area (Å²) < 4.78 is 27.2. The van der Waals surface area contributed by atoms with Crippen molar-refractivity contribution in [2.45, 2.75) is 22.6 Å². The van der Waals surface area contributed by atoms with Gasteiger partial charge in [0.1, 0.15) is 0 Å². The Morgan fingerprint density at radius 1 is 1.42 bits per heavy atom. The summed E-state index contributed by atoms with van der Waals surface area (Å²) in [6.07, 6.45) is 3.24. The van der Waals surface area contributed by atoms with Crippen LogP contribution in [0.15, 0.2) is 34.1 Å². The molecule has 1 aromatic carbocycles. The Morgan fingerprint density at radius 2 is 2.12 bits per heavy atom. The van der Waals surface area contributed by atoms with Crippen LogP contribution in [-0.2, 0) is 14.8 Å². The van der Waals surface area contributed by atoms with Gasteiger partial charge in [-0.25, -0.2) is 8.42 Å². The number of thioether (sulfide) groups is 1. The molecule has 2 rings (SSSR count). The Labute approximate surface area is 154 Å². The van der Waals surface area contributed by atoms with Crippen LogP contribution in [-0.4, -0.2) is 51.1 Å². The van der Waals surface area contributed by atoms with E-state index in [1.165, 1.54) is 16.1 Å². The van der Waals surface area contributed by atoms with Gasteiger partial charge in [0.25, 0.3) is 0 Å². The Hall–Kier alpha value is -0.800. The molecule has 6 nitrogen and oxygen atoms in total. The highest BCUT2D eigenvalue weighted by atomic mass is 35.5.